The highest BCUT2D eigenvalue weighted by molar-refractivity contribution is 5.93. The topological polar surface area (TPSA) is 312 Å². The fraction of sp³-hybridized carbons (Fsp3) is 0.911. The summed E-state index contributed by atoms with van der Waals surface area (Å²) in [5.74, 6) is -0.145. The number of ketones is 2. The third kappa shape index (κ3) is 7.70. The highest BCUT2D eigenvalue weighted by Gasteiger charge is 2.84. The van der Waals surface area contributed by atoms with Crippen molar-refractivity contribution in [2.24, 2.45) is 45.3 Å². The van der Waals surface area contributed by atoms with E-state index in [-0.39, 0.29) is 57.6 Å². The van der Waals surface area contributed by atoms with E-state index in [1.807, 2.05) is 13.8 Å². The quantitative estimate of drug-likeness (QED) is 0.0865. The lowest BCUT2D eigenvalue weighted by Gasteiger charge is -2.58. The van der Waals surface area contributed by atoms with Crippen LogP contribution >= 0.6 is 0 Å². The van der Waals surface area contributed by atoms with Crippen molar-refractivity contribution < 1.29 is 94.2 Å². The highest BCUT2D eigenvalue weighted by Crippen LogP contribution is 2.89. The summed E-state index contributed by atoms with van der Waals surface area (Å²) in [5.41, 5.74) is 0.397. The van der Waals surface area contributed by atoms with Crippen LogP contribution < -0.4 is 0 Å². The summed E-state index contributed by atoms with van der Waals surface area (Å²) < 4.78 is 35.4. The number of carbonyl (C=O) groups excluding carboxylic acids is 2. The molecule has 0 aromatic carbocycles. The van der Waals surface area contributed by atoms with Gasteiger partial charge in [0.25, 0.3) is 0 Å². The Bertz CT molecular complexity index is 1750. The maximum atomic E-state index is 14.1. The van der Waals surface area contributed by atoms with Crippen molar-refractivity contribution in [3.05, 3.63) is 11.6 Å². The van der Waals surface area contributed by atoms with E-state index in [0.717, 1.165) is 25.7 Å². The van der Waals surface area contributed by atoms with Crippen molar-refractivity contribution in [2.75, 3.05) is 19.8 Å². The average Bonchev–Trinajstić information content (AvgIpc) is 3.87. The first kappa shape index (κ1) is 48.8. The van der Waals surface area contributed by atoms with Gasteiger partial charge >= 0.3 is 0 Å². The molecule has 2 spiro atoms. The van der Waals surface area contributed by atoms with Crippen LogP contribution in [0.5, 0.6) is 0 Å². The number of ether oxygens (including phenoxy) is 6. The minimum absolute atomic E-state index is 0.0176. The number of rotatable bonds is 14. The fourth-order valence-corrected chi connectivity index (χ4v) is 13.8. The standard InChI is InChI=1S/C45H70O19/c1-19(15-46)5-6-23(49)20(2)28-24(50)14-45-18-44(45)12-7-21-13-22(8-10-42(21,3)27(44)9-11-43(28,45)4)59-41-37(63-40-34(56)31(53)32(54)38(58)64-40)35(57)36(26(17-48)61-41)62-39-33(55)30(52)29(51)25(16-47)60-39/h7,19-20,22,25-41,46-48,51-58H,5-6,8-18H2,1-4H3. The van der Waals surface area contributed by atoms with Crippen molar-refractivity contribution in [1.82, 2.24) is 0 Å². The summed E-state index contributed by atoms with van der Waals surface area (Å²) in [6.45, 7) is 6.86. The van der Waals surface area contributed by atoms with E-state index >= 15 is 0 Å². The van der Waals surface area contributed by atoms with Gasteiger partial charge in [0.2, 0.25) is 0 Å². The summed E-state index contributed by atoms with van der Waals surface area (Å²) >= 11 is 0. The first-order valence-corrected chi connectivity index (χ1v) is 23.2. The van der Waals surface area contributed by atoms with Gasteiger partial charge in [0.15, 0.2) is 25.2 Å². The van der Waals surface area contributed by atoms with E-state index in [2.05, 4.69) is 19.9 Å². The van der Waals surface area contributed by atoms with Crippen LogP contribution in [0.1, 0.15) is 91.9 Å². The molecule has 7 fully saturated rings. The molecule has 11 N–H and O–H groups in total. The molecule has 24 unspecified atom stereocenters. The van der Waals surface area contributed by atoms with Gasteiger partial charge in [0.05, 0.1) is 19.3 Å². The van der Waals surface area contributed by atoms with Gasteiger partial charge in [-0.05, 0) is 84.9 Å². The number of Topliss-reactive ketones (excluding diaryl/α,β-unsaturated/α-hetero) is 2. The van der Waals surface area contributed by atoms with Crippen molar-refractivity contribution in [1.29, 1.82) is 0 Å². The molecular weight excluding hydrogens is 844 g/mol. The molecule has 0 amide bonds. The predicted octanol–water partition coefficient (Wildman–Crippen LogP) is -1.71. The van der Waals surface area contributed by atoms with Crippen molar-refractivity contribution >= 4 is 11.6 Å². The zero-order valence-electron chi connectivity index (χ0n) is 37.0. The molecule has 3 heterocycles. The van der Waals surface area contributed by atoms with Crippen molar-refractivity contribution in [2.45, 2.75) is 190 Å². The molecule has 0 aromatic heterocycles. The van der Waals surface area contributed by atoms with E-state index in [0.29, 0.717) is 38.5 Å². The first-order valence-electron chi connectivity index (χ1n) is 23.2. The molecule has 19 heteroatoms. The molecule has 8 rings (SSSR count). The Balaban J connectivity index is 1.00. The second-order valence-corrected chi connectivity index (χ2v) is 21.0. The minimum atomic E-state index is -2.00. The zero-order valence-corrected chi connectivity index (χ0v) is 37.0. The maximum Gasteiger partial charge on any atom is 0.189 e. The molecule has 24 atom stereocenters. The van der Waals surface area contributed by atoms with Crippen LogP contribution in [0.2, 0.25) is 0 Å². The summed E-state index contributed by atoms with van der Waals surface area (Å²) in [7, 11) is 0. The lowest BCUT2D eigenvalue weighted by atomic mass is 9.47. The number of hydrogen-bond donors (Lipinski definition) is 11. The summed E-state index contributed by atoms with van der Waals surface area (Å²) in [4.78, 5) is 27.6. The van der Waals surface area contributed by atoms with E-state index in [4.69, 9.17) is 28.4 Å². The second kappa shape index (κ2) is 18.0. The monoisotopic (exact) mass is 914 g/mol. The Kier molecular flexibility index (Phi) is 13.8. The Labute approximate surface area is 372 Å². The Hall–Kier alpha value is -1.60. The second-order valence-electron chi connectivity index (χ2n) is 21.0. The molecule has 0 bridgehead atoms. The van der Waals surface area contributed by atoms with Crippen molar-refractivity contribution in [3.63, 3.8) is 0 Å². The summed E-state index contributed by atoms with van der Waals surface area (Å²) in [6, 6.07) is 0. The van der Waals surface area contributed by atoms with E-state index < -0.39 is 118 Å². The Morgan fingerprint density at radius 3 is 2.08 bits per heavy atom. The number of aliphatic hydroxyl groups excluding tert-OH is 11. The van der Waals surface area contributed by atoms with Crippen LogP contribution in [0.4, 0.5) is 0 Å². The van der Waals surface area contributed by atoms with Gasteiger partial charge in [-0.1, -0.05) is 39.3 Å². The minimum Gasteiger partial charge on any atom is -0.396 e. The number of hydrogen-bond acceptors (Lipinski definition) is 19. The molecular formula is C45H70O19. The molecule has 364 valence electrons. The largest absolute Gasteiger partial charge is 0.396 e. The number of carbonyl (C=O) groups is 2. The first-order chi connectivity index (χ1) is 30.2. The fourth-order valence-electron chi connectivity index (χ4n) is 13.8. The van der Waals surface area contributed by atoms with Gasteiger partial charge in [0.1, 0.15) is 78.7 Å². The molecule has 0 radical (unpaired) electrons. The van der Waals surface area contributed by atoms with Crippen LogP contribution in [0, 0.1) is 45.3 Å². The Morgan fingerprint density at radius 2 is 1.41 bits per heavy atom. The van der Waals surface area contributed by atoms with Gasteiger partial charge in [-0.15, -0.1) is 0 Å². The summed E-state index contributed by atoms with van der Waals surface area (Å²) in [6.07, 6.45) is -17.7. The number of allylic oxidation sites excluding steroid dienone is 1. The maximum absolute atomic E-state index is 14.1. The molecule has 4 saturated carbocycles. The predicted molar refractivity (Wildman–Crippen MR) is 217 cm³/mol. The number of fused-ring (bicyclic) bond motifs is 2. The zero-order chi connectivity index (χ0) is 46.4. The third-order valence-electron chi connectivity index (χ3n) is 17.6. The van der Waals surface area contributed by atoms with Gasteiger partial charge in [-0.25, -0.2) is 0 Å². The van der Waals surface area contributed by atoms with Crippen LogP contribution in [-0.4, -0.2) is 186 Å². The van der Waals surface area contributed by atoms with Gasteiger partial charge in [0, 0.05) is 31.3 Å². The van der Waals surface area contributed by atoms with Gasteiger partial charge < -0.3 is 84.6 Å². The van der Waals surface area contributed by atoms with E-state index in [9.17, 15) is 65.8 Å². The summed E-state index contributed by atoms with van der Waals surface area (Å²) in [5, 5.41) is 115. The highest BCUT2D eigenvalue weighted by atomic mass is 16.8. The SMILES string of the molecule is CC(CO)CCC(=O)C(C)C1C(=O)CC23CC24CC=C2CC(OC5OC(CO)C(OC6OC(CO)C(O)C(O)C6O)C(O)C5OC5OC(O)C(O)C(O)C5O)CCC2(C)C4CCC13C. The molecule has 19 nitrogen and oxygen atoms in total. The van der Waals surface area contributed by atoms with Crippen molar-refractivity contribution in [3.8, 4) is 0 Å². The third-order valence-corrected chi connectivity index (χ3v) is 17.6. The lowest BCUT2D eigenvalue weighted by Crippen LogP contribution is -2.67. The van der Waals surface area contributed by atoms with Gasteiger partial charge in [-0.2, -0.15) is 0 Å². The van der Waals surface area contributed by atoms with Crippen LogP contribution in [0.15, 0.2) is 11.6 Å². The average molecular weight is 915 g/mol. The van der Waals surface area contributed by atoms with E-state index in [1.54, 1.807) is 0 Å². The van der Waals surface area contributed by atoms with Crippen LogP contribution in [-0.2, 0) is 38.0 Å². The molecule has 64 heavy (non-hydrogen) atoms. The number of aliphatic hydroxyl groups is 11. The van der Waals surface area contributed by atoms with Crippen LogP contribution in [0.25, 0.3) is 0 Å². The molecule has 3 aliphatic heterocycles. The van der Waals surface area contributed by atoms with Crippen LogP contribution in [0.3, 0.4) is 0 Å². The van der Waals surface area contributed by atoms with Gasteiger partial charge in [-0.3, -0.25) is 9.59 Å². The smallest absolute Gasteiger partial charge is 0.189 e. The van der Waals surface area contributed by atoms with E-state index in [1.165, 1.54) is 5.57 Å². The Morgan fingerprint density at radius 1 is 0.766 bits per heavy atom. The molecule has 8 aliphatic rings. The lowest BCUT2D eigenvalue weighted by molar-refractivity contribution is -0.400. The molecule has 5 aliphatic carbocycles. The molecule has 3 saturated heterocycles. The normalized spacial score (nSPS) is 52.1. The molecule has 0 aromatic rings.